The summed E-state index contributed by atoms with van der Waals surface area (Å²) in [5, 5.41) is 0.698. The van der Waals surface area contributed by atoms with Crippen molar-refractivity contribution in [1.82, 2.24) is 9.38 Å². The molecule has 0 atom stereocenters. The molecule has 3 aromatic rings. The van der Waals surface area contributed by atoms with Crippen LogP contribution >= 0.6 is 11.8 Å². The van der Waals surface area contributed by atoms with Gasteiger partial charge in [0.2, 0.25) is 0 Å². The van der Waals surface area contributed by atoms with Crippen LogP contribution in [0, 0.1) is 0 Å². The molecule has 2 heterocycles. The van der Waals surface area contributed by atoms with Crippen LogP contribution < -0.4 is 0 Å². The number of aryl methyl sites for hydroxylation is 1. The number of nitrogens with zero attached hydrogens (tertiary/aromatic N) is 2. The maximum Gasteiger partial charge on any atom is 0.359 e. The summed E-state index contributed by atoms with van der Waals surface area (Å²) < 4.78 is 7.02. The van der Waals surface area contributed by atoms with Gasteiger partial charge in [0.25, 0.3) is 0 Å². The summed E-state index contributed by atoms with van der Waals surface area (Å²) in [7, 11) is 0. The monoisotopic (exact) mass is 354 g/mol. The predicted molar refractivity (Wildman–Crippen MR) is 97.4 cm³/mol. The van der Waals surface area contributed by atoms with Gasteiger partial charge in [-0.25, -0.2) is 9.78 Å². The van der Waals surface area contributed by atoms with Gasteiger partial charge in [0.15, 0.2) is 23.2 Å². The first kappa shape index (κ1) is 17.2. The van der Waals surface area contributed by atoms with Gasteiger partial charge in [-0.2, -0.15) is 0 Å². The molecule has 0 radical (unpaired) electrons. The van der Waals surface area contributed by atoms with Crippen LogP contribution in [0.25, 0.3) is 5.52 Å². The molecule has 128 valence electrons. The van der Waals surface area contributed by atoms with E-state index in [0.29, 0.717) is 16.2 Å². The average Bonchev–Trinajstić information content (AvgIpc) is 3.05. The Morgan fingerprint density at radius 1 is 1.16 bits per heavy atom. The second kappa shape index (κ2) is 7.53. The van der Waals surface area contributed by atoms with Gasteiger partial charge in [0.05, 0.1) is 5.52 Å². The molecule has 1 aromatic carbocycles. The molecule has 0 amide bonds. The number of aromatic nitrogens is 2. The van der Waals surface area contributed by atoms with Crippen LogP contribution in [0.3, 0.4) is 0 Å². The molecule has 25 heavy (non-hydrogen) atoms. The SMILES string of the molecule is CCc1ccc(C(=O)COC(=O)c2nc(SC)n3ccccc23)cc1. The van der Waals surface area contributed by atoms with Crippen molar-refractivity contribution in [2.45, 2.75) is 18.5 Å². The quantitative estimate of drug-likeness (QED) is 0.384. The number of hydrogen-bond acceptors (Lipinski definition) is 5. The normalized spacial score (nSPS) is 10.8. The van der Waals surface area contributed by atoms with Crippen LogP contribution in [-0.2, 0) is 11.2 Å². The van der Waals surface area contributed by atoms with Gasteiger partial charge in [-0.15, -0.1) is 0 Å². The number of benzene rings is 1. The second-order valence-electron chi connectivity index (χ2n) is 5.45. The molecule has 0 saturated heterocycles. The van der Waals surface area contributed by atoms with Crippen molar-refractivity contribution < 1.29 is 14.3 Å². The Bertz CT molecular complexity index is 916. The minimum atomic E-state index is -0.595. The van der Waals surface area contributed by atoms with E-state index in [9.17, 15) is 9.59 Å². The Labute approximate surface area is 150 Å². The molecular formula is C19H18N2O3S. The summed E-state index contributed by atoms with van der Waals surface area (Å²) in [6.07, 6.45) is 4.64. The predicted octanol–water partition coefficient (Wildman–Crippen LogP) is 3.66. The Hall–Kier alpha value is -2.60. The van der Waals surface area contributed by atoms with Gasteiger partial charge in [0.1, 0.15) is 0 Å². The molecule has 0 fully saturated rings. The number of rotatable bonds is 6. The fourth-order valence-electron chi connectivity index (χ4n) is 2.51. The zero-order chi connectivity index (χ0) is 17.8. The third-order valence-electron chi connectivity index (χ3n) is 3.91. The number of pyridine rings is 1. The highest BCUT2D eigenvalue weighted by molar-refractivity contribution is 7.98. The van der Waals surface area contributed by atoms with E-state index in [-0.39, 0.29) is 18.1 Å². The van der Waals surface area contributed by atoms with Gasteiger partial charge in [0, 0.05) is 11.8 Å². The lowest BCUT2D eigenvalue weighted by Crippen LogP contribution is -2.15. The van der Waals surface area contributed by atoms with E-state index in [1.807, 2.05) is 41.1 Å². The Morgan fingerprint density at radius 2 is 1.92 bits per heavy atom. The van der Waals surface area contributed by atoms with Gasteiger partial charge in [-0.3, -0.25) is 9.20 Å². The van der Waals surface area contributed by atoms with E-state index in [2.05, 4.69) is 11.9 Å². The van der Waals surface area contributed by atoms with Gasteiger partial charge >= 0.3 is 5.97 Å². The van der Waals surface area contributed by atoms with Crippen molar-refractivity contribution >= 4 is 29.0 Å². The van der Waals surface area contributed by atoms with Crippen LogP contribution in [0.15, 0.2) is 53.8 Å². The van der Waals surface area contributed by atoms with Gasteiger partial charge in [-0.05, 0) is 30.4 Å². The summed E-state index contributed by atoms with van der Waals surface area (Å²) in [6.45, 7) is 1.75. The maximum atomic E-state index is 12.4. The number of fused-ring (bicyclic) bond motifs is 1. The third kappa shape index (κ3) is 3.58. The Balaban J connectivity index is 1.73. The Morgan fingerprint density at radius 3 is 2.60 bits per heavy atom. The smallest absolute Gasteiger partial charge is 0.359 e. The highest BCUT2D eigenvalue weighted by atomic mass is 32.2. The topological polar surface area (TPSA) is 60.7 Å². The largest absolute Gasteiger partial charge is 0.453 e. The fourth-order valence-corrected chi connectivity index (χ4v) is 3.05. The number of carbonyl (C=O) groups excluding carboxylic acids is 2. The number of Topliss-reactive ketones (excluding diaryl/α,β-unsaturated/α-hetero) is 1. The van der Waals surface area contributed by atoms with Crippen LogP contribution in [0.2, 0.25) is 0 Å². The molecule has 5 nitrogen and oxygen atoms in total. The number of imidazole rings is 1. The number of thioether (sulfide) groups is 1. The lowest BCUT2D eigenvalue weighted by atomic mass is 10.1. The first-order valence-electron chi connectivity index (χ1n) is 7.94. The van der Waals surface area contributed by atoms with Crippen molar-refractivity contribution in [3.8, 4) is 0 Å². The van der Waals surface area contributed by atoms with Crippen molar-refractivity contribution in [1.29, 1.82) is 0 Å². The molecule has 2 aromatic heterocycles. The minimum Gasteiger partial charge on any atom is -0.453 e. The molecule has 0 N–H and O–H groups in total. The number of ether oxygens (including phenoxy) is 1. The van der Waals surface area contributed by atoms with Crippen molar-refractivity contribution in [3.63, 3.8) is 0 Å². The molecule has 0 bridgehead atoms. The highest BCUT2D eigenvalue weighted by Gasteiger charge is 2.19. The Kier molecular flexibility index (Phi) is 5.19. The van der Waals surface area contributed by atoms with Crippen LogP contribution in [0.5, 0.6) is 0 Å². The highest BCUT2D eigenvalue weighted by Crippen LogP contribution is 2.20. The summed E-state index contributed by atoms with van der Waals surface area (Å²) in [6, 6.07) is 12.8. The van der Waals surface area contributed by atoms with Crippen LogP contribution in [0.1, 0.15) is 33.3 Å². The number of carbonyl (C=O) groups is 2. The zero-order valence-electron chi connectivity index (χ0n) is 14.1. The molecule has 0 aliphatic carbocycles. The lowest BCUT2D eigenvalue weighted by Gasteiger charge is -2.04. The molecule has 0 saturated carbocycles. The van der Waals surface area contributed by atoms with E-state index in [1.165, 1.54) is 11.8 Å². The second-order valence-corrected chi connectivity index (χ2v) is 6.23. The summed E-state index contributed by atoms with van der Waals surface area (Å²) >= 11 is 1.44. The zero-order valence-corrected chi connectivity index (χ0v) is 14.9. The third-order valence-corrected chi connectivity index (χ3v) is 4.56. The molecule has 0 spiro atoms. The number of hydrogen-bond donors (Lipinski definition) is 0. The molecule has 0 aliphatic rings. The van der Waals surface area contributed by atoms with E-state index < -0.39 is 5.97 Å². The summed E-state index contributed by atoms with van der Waals surface area (Å²) in [5.74, 6) is -0.827. The molecule has 6 heteroatoms. The van der Waals surface area contributed by atoms with Crippen LogP contribution in [0.4, 0.5) is 0 Å². The van der Waals surface area contributed by atoms with Crippen molar-refractivity contribution in [2.75, 3.05) is 12.9 Å². The minimum absolute atomic E-state index is 0.221. The van der Waals surface area contributed by atoms with Crippen LogP contribution in [-0.4, -0.2) is 34.0 Å². The van der Waals surface area contributed by atoms with Gasteiger partial charge in [-0.1, -0.05) is 49.0 Å². The fraction of sp³-hybridized carbons (Fsp3) is 0.211. The molecular weight excluding hydrogens is 336 g/mol. The molecule has 0 aliphatic heterocycles. The van der Waals surface area contributed by atoms with Crippen molar-refractivity contribution in [2.24, 2.45) is 0 Å². The van der Waals surface area contributed by atoms with Gasteiger partial charge < -0.3 is 4.74 Å². The van der Waals surface area contributed by atoms with E-state index in [1.54, 1.807) is 18.2 Å². The number of ketones is 1. The van der Waals surface area contributed by atoms with E-state index >= 15 is 0 Å². The summed E-state index contributed by atoms with van der Waals surface area (Å²) in [4.78, 5) is 28.9. The molecule has 0 unspecified atom stereocenters. The maximum absolute atomic E-state index is 12.4. The molecule has 3 rings (SSSR count). The number of esters is 1. The average molecular weight is 354 g/mol. The summed E-state index contributed by atoms with van der Waals surface area (Å²) in [5.41, 5.74) is 2.57. The van der Waals surface area contributed by atoms with E-state index in [0.717, 1.165) is 12.0 Å². The lowest BCUT2D eigenvalue weighted by molar-refractivity contribution is 0.0471. The first-order valence-corrected chi connectivity index (χ1v) is 9.17. The first-order chi connectivity index (χ1) is 12.1. The van der Waals surface area contributed by atoms with Crippen molar-refractivity contribution in [3.05, 3.63) is 65.5 Å². The van der Waals surface area contributed by atoms with E-state index in [4.69, 9.17) is 4.74 Å². The standard InChI is InChI=1S/C19H18N2O3S/c1-3-13-7-9-14(10-8-13)16(22)12-24-18(23)17-15-6-4-5-11-21(15)19(20-17)25-2/h4-11H,3,12H2,1-2H3.